The molecule has 1 N–H and O–H groups in total. The molecule has 2 aromatic rings. The van der Waals surface area contributed by atoms with Crippen LogP contribution in [0.25, 0.3) is 0 Å². The molecule has 1 aliphatic heterocycles. The number of nitrogens with one attached hydrogen (secondary N) is 1. The first-order chi connectivity index (χ1) is 14.2. The van der Waals surface area contributed by atoms with E-state index in [0.29, 0.717) is 36.1 Å². The lowest BCUT2D eigenvalue weighted by atomic mass is 10.1. The van der Waals surface area contributed by atoms with Crippen LogP contribution < -0.4 is 23.8 Å². The maximum atomic E-state index is 13.0. The SMILES string of the molecule is COc1ccccc1[C@H](C)NC(=O)[C@H](C)N(c1ccc2c(c1)OCCO2)S(C)(=O)=O. The van der Waals surface area contributed by atoms with Crippen molar-refractivity contribution in [2.24, 2.45) is 0 Å². The van der Waals surface area contributed by atoms with Gasteiger partial charge in [0.2, 0.25) is 15.9 Å². The molecule has 0 fully saturated rings. The molecule has 2 aromatic carbocycles. The molecule has 0 saturated carbocycles. The van der Waals surface area contributed by atoms with E-state index in [1.807, 2.05) is 25.1 Å². The van der Waals surface area contributed by atoms with Crippen molar-refractivity contribution in [2.45, 2.75) is 25.9 Å². The number of amides is 1. The quantitative estimate of drug-likeness (QED) is 0.720. The van der Waals surface area contributed by atoms with E-state index >= 15 is 0 Å². The van der Waals surface area contributed by atoms with Gasteiger partial charge in [-0.25, -0.2) is 8.42 Å². The molecular weight excluding hydrogens is 408 g/mol. The highest BCUT2D eigenvalue weighted by Crippen LogP contribution is 2.35. The Bertz CT molecular complexity index is 1020. The van der Waals surface area contributed by atoms with Gasteiger partial charge in [-0.3, -0.25) is 9.10 Å². The molecule has 0 unspecified atom stereocenters. The minimum Gasteiger partial charge on any atom is -0.496 e. The average molecular weight is 435 g/mol. The zero-order chi connectivity index (χ0) is 21.9. The van der Waals surface area contributed by atoms with Crippen molar-refractivity contribution in [3.63, 3.8) is 0 Å². The largest absolute Gasteiger partial charge is 0.496 e. The second-order valence-electron chi connectivity index (χ2n) is 7.03. The Morgan fingerprint density at radius 1 is 1.10 bits per heavy atom. The summed E-state index contributed by atoms with van der Waals surface area (Å²) in [6.45, 7) is 4.17. The summed E-state index contributed by atoms with van der Waals surface area (Å²) in [6, 6.07) is 10.8. The summed E-state index contributed by atoms with van der Waals surface area (Å²) in [5.74, 6) is 1.20. The number of carbonyl (C=O) groups excluding carboxylic acids is 1. The van der Waals surface area contributed by atoms with Crippen molar-refractivity contribution in [1.29, 1.82) is 0 Å². The van der Waals surface area contributed by atoms with Crippen molar-refractivity contribution in [1.82, 2.24) is 5.32 Å². The number of carbonyl (C=O) groups is 1. The van der Waals surface area contributed by atoms with Crippen LogP contribution in [0, 0.1) is 0 Å². The number of methoxy groups -OCH3 is 1. The van der Waals surface area contributed by atoms with Crippen molar-refractivity contribution < 1.29 is 27.4 Å². The second kappa shape index (κ2) is 8.83. The van der Waals surface area contributed by atoms with Crippen LogP contribution in [-0.2, 0) is 14.8 Å². The summed E-state index contributed by atoms with van der Waals surface area (Å²) in [5, 5.41) is 2.87. The number of anilines is 1. The minimum atomic E-state index is -3.75. The fourth-order valence-corrected chi connectivity index (χ4v) is 4.58. The summed E-state index contributed by atoms with van der Waals surface area (Å²) in [5.41, 5.74) is 1.13. The maximum Gasteiger partial charge on any atom is 0.244 e. The van der Waals surface area contributed by atoms with E-state index in [1.54, 1.807) is 38.3 Å². The van der Waals surface area contributed by atoms with Gasteiger partial charge >= 0.3 is 0 Å². The topological polar surface area (TPSA) is 94.2 Å². The summed E-state index contributed by atoms with van der Waals surface area (Å²) >= 11 is 0. The van der Waals surface area contributed by atoms with Crippen molar-refractivity contribution in [3.05, 3.63) is 48.0 Å². The van der Waals surface area contributed by atoms with E-state index in [0.717, 1.165) is 16.1 Å². The minimum absolute atomic E-state index is 0.328. The fraction of sp³-hybridized carbons (Fsp3) is 0.381. The molecule has 0 bridgehead atoms. The third-order valence-corrected chi connectivity index (χ3v) is 6.07. The highest BCUT2D eigenvalue weighted by Gasteiger charge is 2.31. The van der Waals surface area contributed by atoms with Crippen molar-refractivity contribution in [3.8, 4) is 17.2 Å². The molecule has 0 aromatic heterocycles. The highest BCUT2D eigenvalue weighted by molar-refractivity contribution is 7.92. The number of hydrogen-bond acceptors (Lipinski definition) is 6. The van der Waals surface area contributed by atoms with Gasteiger partial charge in [0.25, 0.3) is 0 Å². The molecule has 30 heavy (non-hydrogen) atoms. The van der Waals surface area contributed by atoms with Crippen LogP contribution >= 0.6 is 0 Å². The Hall–Kier alpha value is -2.94. The number of sulfonamides is 1. The van der Waals surface area contributed by atoms with Gasteiger partial charge in [-0.05, 0) is 32.0 Å². The third-order valence-electron chi connectivity index (χ3n) is 4.83. The van der Waals surface area contributed by atoms with Crippen LogP contribution in [0.15, 0.2) is 42.5 Å². The summed E-state index contributed by atoms with van der Waals surface area (Å²) in [6.07, 6.45) is 1.07. The summed E-state index contributed by atoms with van der Waals surface area (Å²) < 4.78 is 42.6. The van der Waals surface area contributed by atoms with Crippen molar-refractivity contribution >= 4 is 21.6 Å². The molecule has 9 heteroatoms. The molecule has 0 radical (unpaired) electrons. The molecule has 1 aliphatic rings. The standard InChI is InChI=1S/C21H26N2O6S/c1-14(17-7-5-6-8-18(17)27-3)22-21(24)15(2)23(30(4,25)26)16-9-10-19-20(13-16)29-12-11-28-19/h5-10,13-15H,11-12H2,1-4H3,(H,22,24)/t14-,15-/m0/s1. The number of nitrogens with zero attached hydrogens (tertiary/aromatic N) is 1. The van der Waals surface area contributed by atoms with E-state index in [9.17, 15) is 13.2 Å². The number of benzene rings is 2. The molecule has 0 aliphatic carbocycles. The lowest BCUT2D eigenvalue weighted by Gasteiger charge is -2.30. The van der Waals surface area contributed by atoms with E-state index in [2.05, 4.69) is 5.32 Å². The second-order valence-corrected chi connectivity index (χ2v) is 8.89. The van der Waals surface area contributed by atoms with Crippen molar-refractivity contribution in [2.75, 3.05) is 30.9 Å². The van der Waals surface area contributed by atoms with Gasteiger partial charge in [-0.15, -0.1) is 0 Å². The number of hydrogen-bond donors (Lipinski definition) is 1. The normalized spacial score (nSPS) is 15.1. The van der Waals surface area contributed by atoms with Crippen LogP contribution in [-0.4, -0.2) is 46.9 Å². The lowest BCUT2D eigenvalue weighted by Crippen LogP contribution is -2.48. The summed E-state index contributed by atoms with van der Waals surface area (Å²) in [7, 11) is -2.19. The van der Waals surface area contributed by atoms with Gasteiger partial charge in [0.1, 0.15) is 25.0 Å². The van der Waals surface area contributed by atoms with Crippen LogP contribution in [0.1, 0.15) is 25.5 Å². The number of fused-ring (bicyclic) bond motifs is 1. The van der Waals surface area contributed by atoms with Crippen LogP contribution in [0.4, 0.5) is 5.69 Å². The van der Waals surface area contributed by atoms with Crippen LogP contribution in [0.5, 0.6) is 17.2 Å². The zero-order valence-electron chi connectivity index (χ0n) is 17.4. The molecule has 162 valence electrons. The fourth-order valence-electron chi connectivity index (χ4n) is 3.41. The predicted octanol–water partition coefficient (Wildman–Crippen LogP) is 2.50. The first kappa shape index (κ1) is 21.8. The molecular formula is C21H26N2O6S. The Labute approximate surface area is 176 Å². The first-order valence-corrected chi connectivity index (χ1v) is 11.4. The van der Waals surface area contributed by atoms with Gasteiger partial charge < -0.3 is 19.5 Å². The van der Waals surface area contributed by atoms with E-state index < -0.39 is 22.0 Å². The zero-order valence-corrected chi connectivity index (χ0v) is 18.2. The molecule has 2 atom stereocenters. The Balaban J connectivity index is 1.85. The van der Waals surface area contributed by atoms with Gasteiger partial charge in [0.15, 0.2) is 11.5 Å². The van der Waals surface area contributed by atoms with Gasteiger partial charge in [0, 0.05) is 11.6 Å². The lowest BCUT2D eigenvalue weighted by molar-refractivity contribution is -0.122. The molecule has 8 nitrogen and oxygen atoms in total. The maximum absolute atomic E-state index is 13.0. The van der Waals surface area contributed by atoms with Crippen LogP contribution in [0.3, 0.4) is 0 Å². The predicted molar refractivity (Wildman–Crippen MR) is 114 cm³/mol. The molecule has 0 saturated heterocycles. The number of ether oxygens (including phenoxy) is 3. The molecule has 1 heterocycles. The average Bonchev–Trinajstić information content (AvgIpc) is 2.72. The smallest absolute Gasteiger partial charge is 0.244 e. The Kier molecular flexibility index (Phi) is 6.40. The van der Waals surface area contributed by atoms with Crippen LogP contribution in [0.2, 0.25) is 0 Å². The Morgan fingerprint density at radius 3 is 2.43 bits per heavy atom. The summed E-state index contributed by atoms with van der Waals surface area (Å²) in [4.78, 5) is 13.0. The monoisotopic (exact) mass is 434 g/mol. The van der Waals surface area contributed by atoms with Gasteiger partial charge in [-0.2, -0.15) is 0 Å². The molecule has 1 amide bonds. The highest BCUT2D eigenvalue weighted by atomic mass is 32.2. The molecule has 3 rings (SSSR count). The first-order valence-electron chi connectivity index (χ1n) is 9.54. The Morgan fingerprint density at radius 2 is 1.77 bits per heavy atom. The third kappa shape index (κ3) is 4.62. The molecule has 0 spiro atoms. The van der Waals surface area contributed by atoms with Gasteiger partial charge in [-0.1, -0.05) is 18.2 Å². The number of para-hydroxylation sites is 1. The van der Waals surface area contributed by atoms with Gasteiger partial charge in [0.05, 0.1) is 25.1 Å². The number of rotatable bonds is 7. The van der Waals surface area contributed by atoms with E-state index in [1.165, 1.54) is 0 Å². The van der Waals surface area contributed by atoms with E-state index in [-0.39, 0.29) is 6.04 Å². The van der Waals surface area contributed by atoms with E-state index in [4.69, 9.17) is 14.2 Å².